The molecule has 1 aromatic heterocycles. The molecule has 4 rings (SSSR count). The molecule has 8 heteroatoms. The first-order chi connectivity index (χ1) is 14.1. The van der Waals surface area contributed by atoms with Crippen LogP contribution in [0.25, 0.3) is 0 Å². The minimum Gasteiger partial charge on any atom is -0.371 e. The number of anilines is 2. The lowest BCUT2D eigenvalue weighted by Crippen LogP contribution is -2.24. The summed E-state index contributed by atoms with van der Waals surface area (Å²) in [4.78, 5) is 12.2. The summed E-state index contributed by atoms with van der Waals surface area (Å²) in [7, 11) is 0. The molecule has 0 saturated carbocycles. The zero-order valence-electron chi connectivity index (χ0n) is 15.3. The Morgan fingerprint density at radius 1 is 1.00 bits per heavy atom. The fourth-order valence-corrected chi connectivity index (χ4v) is 3.19. The van der Waals surface area contributed by atoms with Crippen molar-refractivity contribution in [2.24, 2.45) is 0 Å². The van der Waals surface area contributed by atoms with Gasteiger partial charge in [-0.1, -0.05) is 24.3 Å². The summed E-state index contributed by atoms with van der Waals surface area (Å²) in [5, 5.41) is 14.0. The largest absolute Gasteiger partial charge is 0.371 e. The molecule has 0 bridgehead atoms. The highest BCUT2D eigenvalue weighted by atomic mass is 19.2. The second kappa shape index (κ2) is 8.32. The van der Waals surface area contributed by atoms with Gasteiger partial charge in [-0.2, -0.15) is 0 Å². The highest BCUT2D eigenvalue weighted by molar-refractivity contribution is 6.02. The van der Waals surface area contributed by atoms with Crippen molar-refractivity contribution in [3.05, 3.63) is 83.6 Å². The number of amides is 1. The summed E-state index contributed by atoms with van der Waals surface area (Å²) < 4.78 is 32.4. The van der Waals surface area contributed by atoms with Crippen LogP contribution in [0, 0.1) is 11.6 Å². The number of nitrogens with one attached hydrogen (secondary N) is 2. The number of benzene rings is 2. The van der Waals surface area contributed by atoms with Crippen LogP contribution in [0.2, 0.25) is 0 Å². The fraction of sp³-hybridized carbons (Fsp3) is 0.190. The van der Waals surface area contributed by atoms with E-state index in [2.05, 4.69) is 20.8 Å². The number of hydrogen-bond donors (Lipinski definition) is 2. The monoisotopic (exact) mass is 396 g/mol. The number of ether oxygens (including phenoxy) is 1. The van der Waals surface area contributed by atoms with Crippen molar-refractivity contribution in [3.8, 4) is 0 Å². The molecule has 1 saturated heterocycles. The number of para-hydroxylation sites is 1. The molecule has 6 nitrogen and oxygen atoms in total. The Bertz CT molecular complexity index is 999. The molecule has 2 unspecified atom stereocenters. The van der Waals surface area contributed by atoms with Gasteiger partial charge >= 0.3 is 0 Å². The van der Waals surface area contributed by atoms with Crippen molar-refractivity contribution in [2.75, 3.05) is 17.2 Å². The first-order valence-electron chi connectivity index (χ1n) is 9.13. The number of nitrogens with zero attached hydrogens (tertiary/aromatic N) is 2. The van der Waals surface area contributed by atoms with Gasteiger partial charge in [0.15, 0.2) is 17.3 Å². The molecule has 2 atom stereocenters. The summed E-state index contributed by atoms with van der Waals surface area (Å²) in [5.41, 5.74) is 1.39. The van der Waals surface area contributed by atoms with Crippen molar-refractivity contribution in [1.29, 1.82) is 0 Å². The Morgan fingerprint density at radius 3 is 2.55 bits per heavy atom. The molecule has 29 heavy (non-hydrogen) atoms. The number of carbonyl (C=O) groups excluding carboxylic acids is 1. The van der Waals surface area contributed by atoms with Crippen LogP contribution in [0.4, 0.5) is 20.3 Å². The van der Waals surface area contributed by atoms with E-state index in [9.17, 15) is 13.6 Å². The summed E-state index contributed by atoms with van der Waals surface area (Å²) >= 11 is 0. The zero-order chi connectivity index (χ0) is 20.2. The molecule has 0 aliphatic carbocycles. The van der Waals surface area contributed by atoms with Crippen LogP contribution in [-0.2, 0) is 4.74 Å². The molecule has 2 aromatic carbocycles. The first kappa shape index (κ1) is 18.9. The van der Waals surface area contributed by atoms with Gasteiger partial charge in [0.05, 0.1) is 6.04 Å². The van der Waals surface area contributed by atoms with E-state index < -0.39 is 17.7 Å². The maximum absolute atomic E-state index is 13.6. The van der Waals surface area contributed by atoms with Gasteiger partial charge in [-0.25, -0.2) is 8.78 Å². The Hall–Kier alpha value is -3.39. The molecule has 1 aliphatic heterocycles. The summed E-state index contributed by atoms with van der Waals surface area (Å²) in [5.74, 6) is -1.71. The van der Waals surface area contributed by atoms with Gasteiger partial charge in [-0.05, 0) is 48.4 Å². The molecule has 3 aromatic rings. The van der Waals surface area contributed by atoms with Crippen LogP contribution in [-0.4, -0.2) is 28.8 Å². The topological polar surface area (TPSA) is 76.1 Å². The predicted molar refractivity (Wildman–Crippen MR) is 104 cm³/mol. The smallest absolute Gasteiger partial charge is 0.276 e. The van der Waals surface area contributed by atoms with Crippen LogP contribution < -0.4 is 10.6 Å². The van der Waals surface area contributed by atoms with Gasteiger partial charge in [0, 0.05) is 12.3 Å². The minimum atomic E-state index is -0.912. The zero-order valence-corrected chi connectivity index (χ0v) is 15.3. The average Bonchev–Trinajstić information content (AvgIpc) is 3.19. The molecule has 148 valence electrons. The van der Waals surface area contributed by atoms with Gasteiger partial charge in [0.1, 0.15) is 11.9 Å². The Kier molecular flexibility index (Phi) is 5.44. The second-order valence-corrected chi connectivity index (χ2v) is 6.63. The van der Waals surface area contributed by atoms with Crippen molar-refractivity contribution >= 4 is 17.4 Å². The van der Waals surface area contributed by atoms with Crippen LogP contribution in [0.5, 0.6) is 0 Å². The Balaban J connectivity index is 1.42. The van der Waals surface area contributed by atoms with Crippen molar-refractivity contribution in [2.45, 2.75) is 18.6 Å². The van der Waals surface area contributed by atoms with Crippen LogP contribution in [0.15, 0.2) is 60.7 Å². The van der Waals surface area contributed by atoms with E-state index >= 15 is 0 Å². The van der Waals surface area contributed by atoms with Gasteiger partial charge in [-0.15, -0.1) is 10.2 Å². The van der Waals surface area contributed by atoms with Crippen molar-refractivity contribution < 1.29 is 18.3 Å². The van der Waals surface area contributed by atoms with Crippen molar-refractivity contribution in [1.82, 2.24) is 10.2 Å². The van der Waals surface area contributed by atoms with Gasteiger partial charge in [-0.3, -0.25) is 4.79 Å². The Labute approximate surface area is 165 Å². The number of rotatable bonds is 5. The number of aromatic nitrogens is 2. The van der Waals surface area contributed by atoms with E-state index in [0.29, 0.717) is 30.1 Å². The highest BCUT2D eigenvalue weighted by Gasteiger charge is 2.30. The van der Waals surface area contributed by atoms with Crippen molar-refractivity contribution in [3.63, 3.8) is 0 Å². The molecule has 1 amide bonds. The van der Waals surface area contributed by atoms with E-state index in [-0.39, 0.29) is 17.6 Å². The van der Waals surface area contributed by atoms with E-state index in [4.69, 9.17) is 4.74 Å². The Morgan fingerprint density at radius 2 is 1.83 bits per heavy atom. The van der Waals surface area contributed by atoms with E-state index in [1.165, 1.54) is 6.07 Å². The molecule has 2 heterocycles. The lowest BCUT2D eigenvalue weighted by atomic mass is 10.0. The number of halogens is 2. The molecule has 0 spiro atoms. The van der Waals surface area contributed by atoms with Gasteiger partial charge < -0.3 is 15.4 Å². The lowest BCUT2D eigenvalue weighted by Gasteiger charge is -2.20. The maximum atomic E-state index is 13.6. The van der Waals surface area contributed by atoms with Crippen LogP contribution >= 0.6 is 0 Å². The van der Waals surface area contributed by atoms with E-state index in [1.54, 1.807) is 24.3 Å². The lowest BCUT2D eigenvalue weighted by molar-refractivity contribution is 0.102. The molecule has 1 fully saturated rings. The van der Waals surface area contributed by atoms with Crippen LogP contribution in [0.3, 0.4) is 0 Å². The summed E-state index contributed by atoms with van der Waals surface area (Å²) in [6.07, 6.45) is 0.231. The normalized spacial score (nSPS) is 18.4. The fourth-order valence-electron chi connectivity index (χ4n) is 3.19. The highest BCUT2D eigenvalue weighted by Crippen LogP contribution is 2.31. The summed E-state index contributed by atoms with van der Waals surface area (Å²) in [6.45, 7) is 0.478. The molecule has 1 aliphatic rings. The first-order valence-corrected chi connectivity index (χ1v) is 9.13. The minimum absolute atomic E-state index is 0.180. The quantitative estimate of drug-likeness (QED) is 0.683. The van der Waals surface area contributed by atoms with E-state index in [1.807, 2.05) is 18.2 Å². The SMILES string of the molecule is O=C(Nc1ccccc1)c1ccc(NC2CCOC2c2ccc(F)c(F)c2)nn1. The van der Waals surface area contributed by atoms with E-state index in [0.717, 1.165) is 12.1 Å². The second-order valence-electron chi connectivity index (χ2n) is 6.63. The molecule has 2 N–H and O–H groups in total. The molecular formula is C21H18F2N4O2. The predicted octanol–water partition coefficient (Wildman–Crippen LogP) is 3.95. The van der Waals surface area contributed by atoms with Crippen LogP contribution in [0.1, 0.15) is 28.6 Å². The maximum Gasteiger partial charge on any atom is 0.276 e. The number of hydrogen-bond acceptors (Lipinski definition) is 5. The average molecular weight is 396 g/mol. The standard InChI is InChI=1S/C21H18F2N4O2/c22-15-7-6-13(12-16(15)23)20-17(10-11-29-20)25-19-9-8-18(26-27-19)21(28)24-14-4-2-1-3-5-14/h1-9,12,17,20H,10-11H2,(H,24,28)(H,25,27). The molecule has 0 radical (unpaired) electrons. The molecular weight excluding hydrogens is 378 g/mol. The third-order valence-electron chi connectivity index (χ3n) is 4.63. The summed E-state index contributed by atoms with van der Waals surface area (Å²) in [6, 6.07) is 15.8. The van der Waals surface area contributed by atoms with Gasteiger partial charge in [0.2, 0.25) is 0 Å². The third kappa shape index (κ3) is 4.38. The number of carbonyl (C=O) groups is 1. The van der Waals surface area contributed by atoms with Gasteiger partial charge in [0.25, 0.3) is 5.91 Å². The third-order valence-corrected chi connectivity index (χ3v) is 4.63.